The van der Waals surface area contributed by atoms with Crippen molar-refractivity contribution < 1.29 is 28.2 Å². The number of epoxide rings is 3. The van der Waals surface area contributed by atoms with Gasteiger partial charge in [0, 0.05) is 11.0 Å². The largest absolute Gasteiger partial charge is 0.461 e. The van der Waals surface area contributed by atoms with E-state index in [0.29, 0.717) is 5.76 Å². The number of hydrogen-bond acceptors (Lipinski definition) is 6. The van der Waals surface area contributed by atoms with Gasteiger partial charge in [-0.1, -0.05) is 20.8 Å². The molecule has 2 spiro atoms. The van der Waals surface area contributed by atoms with Crippen LogP contribution in [0.5, 0.6) is 0 Å². The molecule has 3 aliphatic heterocycles. The number of furan rings is 1. The molecule has 0 radical (unpaired) electrons. The molecule has 3 aliphatic carbocycles. The van der Waals surface area contributed by atoms with Crippen LogP contribution in [0.25, 0.3) is 0 Å². The van der Waals surface area contributed by atoms with E-state index >= 15 is 0 Å². The number of carbonyl (C=O) groups is 2. The number of Topliss-reactive ketones (excluding diaryl/α,β-unsaturated/α-hetero) is 1. The van der Waals surface area contributed by atoms with Crippen LogP contribution >= 0.6 is 0 Å². The molecule has 1 aromatic rings. The SMILES string of the molecule is CC(C)[C@]12O[C@H]1[C@@H]1O[C@@]13[C@@]1(C)CCc4c(coc4C=O)[C@@H]1C[C@@H]1O[C@@]13C2=O. The molecular formula is C21H22O6. The third kappa shape index (κ3) is 1.23. The molecule has 0 unspecified atom stereocenters. The van der Waals surface area contributed by atoms with Crippen LogP contribution in [0.2, 0.25) is 0 Å². The topological polar surface area (TPSA) is 84.9 Å². The Hall–Kier alpha value is -1.50. The molecule has 0 amide bonds. The number of ketones is 1. The first-order valence-electron chi connectivity index (χ1n) is 10.0. The summed E-state index contributed by atoms with van der Waals surface area (Å²) in [4.78, 5) is 25.0. The van der Waals surface area contributed by atoms with Crippen LogP contribution in [-0.2, 0) is 25.4 Å². The van der Waals surface area contributed by atoms with Crippen molar-refractivity contribution in [2.24, 2.45) is 11.3 Å². The maximum Gasteiger partial charge on any atom is 0.205 e. The van der Waals surface area contributed by atoms with Gasteiger partial charge >= 0.3 is 0 Å². The Morgan fingerprint density at radius 3 is 2.78 bits per heavy atom. The van der Waals surface area contributed by atoms with Crippen molar-refractivity contribution in [3.8, 4) is 0 Å². The Morgan fingerprint density at radius 1 is 1.22 bits per heavy atom. The van der Waals surface area contributed by atoms with Crippen molar-refractivity contribution in [2.45, 2.75) is 81.1 Å². The summed E-state index contributed by atoms with van der Waals surface area (Å²) in [5, 5.41) is 0. The highest BCUT2D eigenvalue weighted by molar-refractivity contribution is 6.05. The van der Waals surface area contributed by atoms with E-state index < -0.39 is 16.8 Å². The van der Waals surface area contributed by atoms with Crippen molar-refractivity contribution in [3.05, 3.63) is 23.2 Å². The first-order valence-corrected chi connectivity index (χ1v) is 10.0. The van der Waals surface area contributed by atoms with Gasteiger partial charge in [0.25, 0.3) is 0 Å². The Kier molecular flexibility index (Phi) is 2.26. The zero-order chi connectivity index (χ0) is 18.6. The molecule has 0 N–H and O–H groups in total. The predicted octanol–water partition coefficient (Wildman–Crippen LogP) is 2.18. The van der Waals surface area contributed by atoms with Gasteiger partial charge in [-0.2, -0.15) is 0 Å². The standard InChI is InChI=1S/C21H22O6/c1-9(2)19-15(26-19)16-21(27-16)18(3)5-4-10-11(8-24-13(10)7-22)12(18)6-14-20(21,25-14)17(19)23/h7-9,12,14-16H,4-6H2,1-3H3/t12-,14-,15-,16-,18-,19-,20+,21+/m0/s1. The van der Waals surface area contributed by atoms with Gasteiger partial charge in [-0.15, -0.1) is 0 Å². The highest BCUT2D eigenvalue weighted by atomic mass is 16.7. The first kappa shape index (κ1) is 15.4. The molecule has 5 fully saturated rings. The van der Waals surface area contributed by atoms with Gasteiger partial charge in [-0.3, -0.25) is 9.59 Å². The summed E-state index contributed by atoms with van der Waals surface area (Å²) in [6.07, 6.45) is 4.58. The minimum atomic E-state index is -0.838. The second-order valence-electron chi connectivity index (χ2n) is 9.79. The van der Waals surface area contributed by atoms with Crippen LogP contribution < -0.4 is 0 Å². The average molecular weight is 370 g/mol. The summed E-state index contributed by atoms with van der Waals surface area (Å²) >= 11 is 0. The highest BCUT2D eigenvalue weighted by Crippen LogP contribution is 2.82. The molecule has 142 valence electrons. The van der Waals surface area contributed by atoms with Gasteiger partial charge in [-0.05, 0) is 36.7 Å². The Labute approximate surface area is 156 Å². The van der Waals surface area contributed by atoms with Gasteiger partial charge in [0.05, 0.1) is 12.4 Å². The van der Waals surface area contributed by atoms with Gasteiger partial charge in [0.15, 0.2) is 23.2 Å². The van der Waals surface area contributed by atoms with E-state index in [0.717, 1.165) is 36.7 Å². The summed E-state index contributed by atoms with van der Waals surface area (Å²) in [6.45, 7) is 6.34. The van der Waals surface area contributed by atoms with Crippen molar-refractivity contribution in [1.29, 1.82) is 0 Å². The molecule has 6 aliphatic rings. The van der Waals surface area contributed by atoms with E-state index in [1.54, 1.807) is 6.26 Å². The van der Waals surface area contributed by atoms with Crippen molar-refractivity contribution >= 4 is 12.1 Å². The summed E-state index contributed by atoms with van der Waals surface area (Å²) in [7, 11) is 0. The molecule has 27 heavy (non-hydrogen) atoms. The monoisotopic (exact) mass is 370 g/mol. The highest BCUT2D eigenvalue weighted by Gasteiger charge is 3.00. The maximum atomic E-state index is 13.7. The molecule has 0 bridgehead atoms. The van der Waals surface area contributed by atoms with E-state index in [-0.39, 0.29) is 41.3 Å². The molecule has 3 saturated heterocycles. The maximum absolute atomic E-state index is 13.7. The van der Waals surface area contributed by atoms with E-state index in [4.69, 9.17) is 18.6 Å². The van der Waals surface area contributed by atoms with Crippen LogP contribution in [0, 0.1) is 11.3 Å². The number of rotatable bonds is 2. The van der Waals surface area contributed by atoms with Crippen molar-refractivity contribution in [2.75, 3.05) is 0 Å². The predicted molar refractivity (Wildman–Crippen MR) is 90.5 cm³/mol. The first-order chi connectivity index (χ1) is 12.9. The van der Waals surface area contributed by atoms with Crippen LogP contribution in [0.15, 0.2) is 10.7 Å². The van der Waals surface area contributed by atoms with Crippen LogP contribution in [-0.4, -0.2) is 47.2 Å². The smallest absolute Gasteiger partial charge is 0.205 e. The zero-order valence-electron chi connectivity index (χ0n) is 15.6. The molecule has 7 rings (SSSR count). The van der Waals surface area contributed by atoms with Crippen LogP contribution in [0.3, 0.4) is 0 Å². The number of hydrogen-bond donors (Lipinski definition) is 0. The lowest BCUT2D eigenvalue weighted by molar-refractivity contribution is -0.138. The summed E-state index contributed by atoms with van der Waals surface area (Å²) in [6, 6.07) is 0. The fourth-order valence-electron chi connectivity index (χ4n) is 7.40. The molecule has 6 nitrogen and oxygen atoms in total. The van der Waals surface area contributed by atoms with Crippen molar-refractivity contribution in [3.63, 3.8) is 0 Å². The fraction of sp³-hybridized carbons (Fsp3) is 0.714. The van der Waals surface area contributed by atoms with E-state index in [1.807, 2.05) is 13.8 Å². The minimum absolute atomic E-state index is 0.0746. The lowest BCUT2D eigenvalue weighted by Gasteiger charge is -2.51. The number of ether oxygens (including phenoxy) is 3. The van der Waals surface area contributed by atoms with Crippen molar-refractivity contribution in [1.82, 2.24) is 0 Å². The number of aldehydes is 1. The van der Waals surface area contributed by atoms with Crippen LogP contribution in [0.4, 0.5) is 0 Å². The van der Waals surface area contributed by atoms with E-state index in [9.17, 15) is 9.59 Å². The van der Waals surface area contributed by atoms with E-state index in [2.05, 4.69) is 6.92 Å². The average Bonchev–Trinajstić information content (AvgIpc) is 3.52. The Balaban J connectivity index is 1.40. The van der Waals surface area contributed by atoms with E-state index in [1.165, 1.54) is 0 Å². The summed E-state index contributed by atoms with van der Waals surface area (Å²) in [5.41, 5.74) is -0.260. The Morgan fingerprint density at radius 2 is 2.04 bits per heavy atom. The number of carbonyl (C=O) groups excluding carboxylic acids is 2. The second kappa shape index (κ2) is 3.95. The fourth-order valence-corrected chi connectivity index (χ4v) is 7.40. The normalized spacial score (nSPS) is 55.5. The Bertz CT molecular complexity index is 948. The van der Waals surface area contributed by atoms with Crippen LogP contribution in [0.1, 0.15) is 61.2 Å². The molecule has 2 saturated carbocycles. The zero-order valence-corrected chi connectivity index (χ0v) is 15.6. The number of fused-ring (bicyclic) bond motifs is 5. The minimum Gasteiger partial charge on any atom is -0.461 e. The summed E-state index contributed by atoms with van der Waals surface area (Å²) < 4.78 is 24.3. The molecule has 0 aromatic carbocycles. The van der Waals surface area contributed by atoms with Gasteiger partial charge < -0.3 is 18.6 Å². The molecule has 8 atom stereocenters. The lowest BCUT2D eigenvalue weighted by atomic mass is 9.47. The molecule has 6 heteroatoms. The molecule has 4 heterocycles. The van der Waals surface area contributed by atoms with Gasteiger partial charge in [0.1, 0.15) is 17.8 Å². The second-order valence-corrected chi connectivity index (χ2v) is 9.79. The van der Waals surface area contributed by atoms with Gasteiger partial charge in [0.2, 0.25) is 5.78 Å². The molecular weight excluding hydrogens is 348 g/mol. The summed E-state index contributed by atoms with van der Waals surface area (Å²) in [5.74, 6) is 0.835. The lowest BCUT2D eigenvalue weighted by Crippen LogP contribution is -2.67. The quantitative estimate of drug-likeness (QED) is 0.586. The third-order valence-corrected chi connectivity index (χ3v) is 8.85. The molecule has 1 aromatic heterocycles. The van der Waals surface area contributed by atoms with Gasteiger partial charge in [-0.25, -0.2) is 0 Å². The third-order valence-electron chi connectivity index (χ3n) is 8.85.